The fraction of sp³-hybridized carbons (Fsp3) is 0.526. The Balaban J connectivity index is 1.71. The second-order valence-electron chi connectivity index (χ2n) is 7.16. The molecule has 0 saturated carbocycles. The largest absolute Gasteiger partial charge is 0.481 e. The van der Waals surface area contributed by atoms with Gasteiger partial charge in [0.1, 0.15) is 0 Å². The highest BCUT2D eigenvalue weighted by Crippen LogP contribution is 2.30. The van der Waals surface area contributed by atoms with Crippen molar-refractivity contribution in [3.05, 3.63) is 29.3 Å². The molecule has 3 rings (SSSR count). The molecule has 0 aliphatic carbocycles. The van der Waals surface area contributed by atoms with Gasteiger partial charge in [0.2, 0.25) is 11.8 Å². The Morgan fingerprint density at radius 1 is 1.16 bits per heavy atom. The number of rotatable bonds is 3. The molecule has 134 valence electrons. The van der Waals surface area contributed by atoms with Gasteiger partial charge in [0.15, 0.2) is 0 Å². The molecule has 2 heterocycles. The number of carboxylic acid groups (broad SMARTS) is 1. The van der Waals surface area contributed by atoms with Crippen LogP contribution in [0.2, 0.25) is 0 Å². The van der Waals surface area contributed by atoms with Crippen molar-refractivity contribution in [3.8, 4) is 0 Å². The first-order valence-corrected chi connectivity index (χ1v) is 8.76. The Morgan fingerprint density at radius 2 is 1.92 bits per heavy atom. The van der Waals surface area contributed by atoms with Crippen LogP contribution in [0.5, 0.6) is 0 Å². The minimum absolute atomic E-state index is 0.0444. The van der Waals surface area contributed by atoms with E-state index in [1.807, 2.05) is 32.0 Å². The summed E-state index contributed by atoms with van der Waals surface area (Å²) in [5.41, 5.74) is 3.01. The van der Waals surface area contributed by atoms with Gasteiger partial charge in [-0.1, -0.05) is 17.7 Å². The van der Waals surface area contributed by atoms with Crippen LogP contribution >= 0.6 is 0 Å². The van der Waals surface area contributed by atoms with Crippen molar-refractivity contribution in [2.24, 2.45) is 11.8 Å². The molecule has 0 spiro atoms. The van der Waals surface area contributed by atoms with Crippen molar-refractivity contribution in [2.45, 2.75) is 33.1 Å². The molecule has 0 unspecified atom stereocenters. The van der Waals surface area contributed by atoms with Gasteiger partial charge in [-0.05, 0) is 38.3 Å². The highest BCUT2D eigenvalue weighted by Gasteiger charge is 2.39. The molecule has 2 fully saturated rings. The van der Waals surface area contributed by atoms with E-state index in [1.54, 1.807) is 9.80 Å². The second kappa shape index (κ2) is 6.86. The Hall–Kier alpha value is -2.37. The fourth-order valence-corrected chi connectivity index (χ4v) is 3.85. The van der Waals surface area contributed by atoms with Crippen LogP contribution in [-0.2, 0) is 14.4 Å². The highest BCUT2D eigenvalue weighted by molar-refractivity contribution is 6.00. The van der Waals surface area contributed by atoms with Crippen LogP contribution < -0.4 is 4.90 Å². The van der Waals surface area contributed by atoms with E-state index in [-0.39, 0.29) is 30.7 Å². The van der Waals surface area contributed by atoms with Gasteiger partial charge in [-0.2, -0.15) is 0 Å². The molecule has 1 N–H and O–H groups in total. The number of anilines is 1. The maximum absolute atomic E-state index is 12.8. The smallest absolute Gasteiger partial charge is 0.308 e. The van der Waals surface area contributed by atoms with Crippen molar-refractivity contribution in [1.82, 2.24) is 4.90 Å². The van der Waals surface area contributed by atoms with E-state index in [9.17, 15) is 19.5 Å². The zero-order valence-electron chi connectivity index (χ0n) is 14.7. The van der Waals surface area contributed by atoms with Crippen LogP contribution in [0.4, 0.5) is 5.69 Å². The topological polar surface area (TPSA) is 77.9 Å². The summed E-state index contributed by atoms with van der Waals surface area (Å²) in [4.78, 5) is 39.7. The lowest BCUT2D eigenvalue weighted by Crippen LogP contribution is -2.45. The minimum Gasteiger partial charge on any atom is -0.481 e. The number of carbonyl (C=O) groups excluding carboxylic acids is 2. The van der Waals surface area contributed by atoms with E-state index in [0.29, 0.717) is 25.9 Å². The molecule has 6 nitrogen and oxygen atoms in total. The number of benzene rings is 1. The highest BCUT2D eigenvalue weighted by atomic mass is 16.4. The third-order valence-corrected chi connectivity index (χ3v) is 5.20. The SMILES string of the molecule is Cc1ccc(N2C[C@H](C(=O)N3CCC[C@H](C(=O)O)C3)CC2=O)c(C)c1. The molecule has 1 aromatic rings. The Kier molecular flexibility index (Phi) is 4.79. The summed E-state index contributed by atoms with van der Waals surface area (Å²) in [7, 11) is 0. The van der Waals surface area contributed by atoms with Crippen molar-refractivity contribution < 1.29 is 19.5 Å². The number of hydrogen-bond donors (Lipinski definition) is 1. The molecule has 6 heteroatoms. The summed E-state index contributed by atoms with van der Waals surface area (Å²) in [6, 6.07) is 5.92. The number of hydrogen-bond acceptors (Lipinski definition) is 3. The summed E-state index contributed by atoms with van der Waals surface area (Å²) >= 11 is 0. The summed E-state index contributed by atoms with van der Waals surface area (Å²) in [5.74, 6) is -1.87. The maximum Gasteiger partial charge on any atom is 0.308 e. The van der Waals surface area contributed by atoms with E-state index in [2.05, 4.69) is 0 Å². The molecule has 1 aromatic carbocycles. The monoisotopic (exact) mass is 344 g/mol. The lowest BCUT2D eigenvalue weighted by molar-refractivity contribution is -0.146. The number of carboxylic acids is 1. The van der Waals surface area contributed by atoms with E-state index >= 15 is 0 Å². The number of carbonyl (C=O) groups is 3. The molecular formula is C19H24N2O4. The van der Waals surface area contributed by atoms with Crippen molar-refractivity contribution in [2.75, 3.05) is 24.5 Å². The lowest BCUT2D eigenvalue weighted by atomic mass is 9.96. The molecule has 0 aromatic heterocycles. The molecule has 25 heavy (non-hydrogen) atoms. The zero-order chi connectivity index (χ0) is 18.1. The van der Waals surface area contributed by atoms with Gasteiger partial charge < -0.3 is 14.9 Å². The van der Waals surface area contributed by atoms with Crippen molar-refractivity contribution in [1.29, 1.82) is 0 Å². The zero-order valence-corrected chi connectivity index (χ0v) is 14.7. The van der Waals surface area contributed by atoms with E-state index in [0.717, 1.165) is 16.8 Å². The van der Waals surface area contributed by atoms with Gasteiger partial charge in [0.25, 0.3) is 0 Å². The number of likely N-dealkylation sites (tertiary alicyclic amines) is 1. The first kappa shape index (κ1) is 17.5. The van der Waals surface area contributed by atoms with Crippen LogP contribution in [-0.4, -0.2) is 47.4 Å². The minimum atomic E-state index is -0.850. The predicted octanol–water partition coefficient (Wildman–Crippen LogP) is 1.98. The molecule has 2 atom stereocenters. The second-order valence-corrected chi connectivity index (χ2v) is 7.16. The van der Waals surface area contributed by atoms with Gasteiger partial charge in [-0.3, -0.25) is 14.4 Å². The van der Waals surface area contributed by atoms with Crippen LogP contribution in [0.1, 0.15) is 30.4 Å². The Labute approximate surface area is 147 Å². The van der Waals surface area contributed by atoms with Gasteiger partial charge >= 0.3 is 5.97 Å². The summed E-state index contributed by atoms with van der Waals surface area (Å²) in [6.07, 6.45) is 1.50. The molecular weight excluding hydrogens is 320 g/mol. The Bertz CT molecular complexity index is 715. The van der Waals surface area contributed by atoms with Crippen molar-refractivity contribution >= 4 is 23.5 Å². The normalized spacial score (nSPS) is 23.8. The van der Waals surface area contributed by atoms with Gasteiger partial charge in [-0.15, -0.1) is 0 Å². The lowest BCUT2D eigenvalue weighted by Gasteiger charge is -2.32. The number of nitrogens with zero attached hydrogens (tertiary/aromatic N) is 2. The number of aliphatic carboxylic acids is 1. The molecule has 2 saturated heterocycles. The average Bonchev–Trinajstić information content (AvgIpc) is 2.96. The summed E-state index contributed by atoms with van der Waals surface area (Å²) in [5, 5.41) is 9.19. The molecule has 2 aliphatic heterocycles. The molecule has 2 amide bonds. The first-order chi connectivity index (χ1) is 11.9. The molecule has 0 radical (unpaired) electrons. The molecule has 2 aliphatic rings. The van der Waals surface area contributed by atoms with Gasteiger partial charge in [0.05, 0.1) is 11.8 Å². The third kappa shape index (κ3) is 3.52. The van der Waals surface area contributed by atoms with Crippen molar-refractivity contribution in [3.63, 3.8) is 0 Å². The van der Waals surface area contributed by atoms with Crippen LogP contribution in [0.25, 0.3) is 0 Å². The number of amides is 2. The fourth-order valence-electron chi connectivity index (χ4n) is 3.85. The average molecular weight is 344 g/mol. The van der Waals surface area contributed by atoms with Crippen LogP contribution in [0.3, 0.4) is 0 Å². The van der Waals surface area contributed by atoms with E-state index < -0.39 is 11.9 Å². The first-order valence-electron chi connectivity index (χ1n) is 8.76. The van der Waals surface area contributed by atoms with E-state index in [1.165, 1.54) is 0 Å². The summed E-state index contributed by atoms with van der Waals surface area (Å²) in [6.45, 7) is 5.17. The van der Waals surface area contributed by atoms with Crippen LogP contribution in [0, 0.1) is 25.7 Å². The van der Waals surface area contributed by atoms with E-state index in [4.69, 9.17) is 0 Å². The standard InChI is InChI=1S/C19H24N2O4/c1-12-5-6-16(13(2)8-12)21-11-15(9-17(21)22)18(23)20-7-3-4-14(10-20)19(24)25/h5-6,8,14-15H,3-4,7,9-11H2,1-2H3,(H,24,25)/t14-,15+/m0/s1. The van der Waals surface area contributed by atoms with Gasteiger partial charge in [0, 0.05) is 31.7 Å². The van der Waals surface area contributed by atoms with Gasteiger partial charge in [-0.25, -0.2) is 0 Å². The molecule has 0 bridgehead atoms. The summed E-state index contributed by atoms with van der Waals surface area (Å²) < 4.78 is 0. The third-order valence-electron chi connectivity index (χ3n) is 5.20. The van der Waals surface area contributed by atoms with Crippen LogP contribution in [0.15, 0.2) is 18.2 Å². The quantitative estimate of drug-likeness (QED) is 0.909. The Morgan fingerprint density at radius 3 is 2.60 bits per heavy atom. The maximum atomic E-state index is 12.8. The number of aryl methyl sites for hydroxylation is 2. The predicted molar refractivity (Wildman–Crippen MR) is 93.3 cm³/mol. The number of piperidine rings is 1.